The number of H-pyrrole nitrogens is 1. The van der Waals surface area contributed by atoms with Crippen molar-refractivity contribution in [3.05, 3.63) is 79.0 Å². The van der Waals surface area contributed by atoms with Gasteiger partial charge in [0, 0.05) is 33.6 Å². The topological polar surface area (TPSA) is 54.9 Å². The van der Waals surface area contributed by atoms with E-state index in [9.17, 15) is 9.59 Å². The van der Waals surface area contributed by atoms with Gasteiger partial charge in [0.1, 0.15) is 0 Å². The van der Waals surface area contributed by atoms with Gasteiger partial charge in [-0.05, 0) is 43.3 Å². The lowest BCUT2D eigenvalue weighted by Crippen LogP contribution is -2.13. The number of aromatic nitrogens is 2. The first kappa shape index (κ1) is 17.3. The average molecular weight is 409 g/mol. The van der Waals surface area contributed by atoms with Crippen LogP contribution in [0.5, 0.6) is 0 Å². The van der Waals surface area contributed by atoms with Gasteiger partial charge < -0.3 is 9.55 Å². The van der Waals surface area contributed by atoms with E-state index in [1.165, 1.54) is 0 Å². The molecule has 0 radical (unpaired) electrons. The Hall–Kier alpha value is -2.82. The number of nitrogens with zero attached hydrogens (tertiary/aromatic N) is 1. The number of hydrogen-bond acceptors (Lipinski definition) is 2. The summed E-state index contributed by atoms with van der Waals surface area (Å²) in [5, 5.41) is 2.91. The minimum Gasteiger partial charge on any atom is -0.354 e. The van der Waals surface area contributed by atoms with Gasteiger partial charge in [-0.1, -0.05) is 35.3 Å². The van der Waals surface area contributed by atoms with Crippen molar-refractivity contribution < 1.29 is 0 Å². The highest BCUT2D eigenvalue weighted by Crippen LogP contribution is 2.32. The molecule has 0 unspecified atom stereocenters. The van der Waals surface area contributed by atoms with Crippen molar-refractivity contribution in [2.45, 2.75) is 13.5 Å². The zero-order valence-electron chi connectivity index (χ0n) is 14.8. The van der Waals surface area contributed by atoms with Crippen molar-refractivity contribution >= 4 is 66.8 Å². The molecule has 2 aromatic heterocycles. The van der Waals surface area contributed by atoms with E-state index in [1.807, 2.05) is 29.7 Å². The van der Waals surface area contributed by atoms with Gasteiger partial charge >= 0.3 is 0 Å². The van der Waals surface area contributed by atoms with Crippen LogP contribution in [0.2, 0.25) is 10.0 Å². The number of rotatable bonds is 1. The summed E-state index contributed by atoms with van der Waals surface area (Å²) in [5.41, 5.74) is 2.42. The van der Waals surface area contributed by atoms with Gasteiger partial charge in [-0.15, -0.1) is 0 Å². The number of halogens is 2. The first-order valence-electron chi connectivity index (χ1n) is 8.90. The third kappa shape index (κ3) is 2.25. The van der Waals surface area contributed by atoms with Crippen LogP contribution in [-0.2, 0) is 6.54 Å². The van der Waals surface area contributed by atoms with Crippen molar-refractivity contribution in [3.8, 4) is 0 Å². The average Bonchev–Trinajstić information content (AvgIpc) is 2.71. The smallest absolute Gasteiger partial charge is 0.197 e. The van der Waals surface area contributed by atoms with E-state index in [2.05, 4.69) is 4.98 Å². The zero-order valence-corrected chi connectivity index (χ0v) is 16.4. The Morgan fingerprint density at radius 2 is 1.61 bits per heavy atom. The zero-order chi connectivity index (χ0) is 19.6. The molecular weight excluding hydrogens is 395 g/mol. The van der Waals surface area contributed by atoms with Crippen LogP contribution in [0.3, 0.4) is 0 Å². The molecule has 5 aromatic rings. The summed E-state index contributed by atoms with van der Waals surface area (Å²) in [5.74, 6) is 0. The molecule has 0 saturated carbocycles. The van der Waals surface area contributed by atoms with Crippen molar-refractivity contribution in [2.75, 3.05) is 0 Å². The number of fused-ring (bicyclic) bond motifs is 4. The van der Waals surface area contributed by atoms with E-state index in [-0.39, 0.29) is 10.9 Å². The van der Waals surface area contributed by atoms with E-state index in [1.54, 1.807) is 30.3 Å². The van der Waals surface area contributed by atoms with E-state index >= 15 is 0 Å². The van der Waals surface area contributed by atoms with E-state index in [4.69, 9.17) is 23.2 Å². The maximum Gasteiger partial charge on any atom is 0.197 e. The molecule has 0 amide bonds. The molecule has 0 bridgehead atoms. The van der Waals surface area contributed by atoms with Crippen LogP contribution in [0, 0.1) is 0 Å². The molecule has 1 N–H and O–H groups in total. The highest BCUT2D eigenvalue weighted by molar-refractivity contribution is 6.45. The third-order valence-corrected chi connectivity index (χ3v) is 6.05. The van der Waals surface area contributed by atoms with Gasteiger partial charge in [0.25, 0.3) is 0 Å². The van der Waals surface area contributed by atoms with Crippen LogP contribution >= 0.6 is 23.2 Å². The monoisotopic (exact) mass is 408 g/mol. The maximum atomic E-state index is 13.2. The fraction of sp³-hybridized carbons (Fsp3) is 0.0909. The van der Waals surface area contributed by atoms with Gasteiger partial charge in [0.15, 0.2) is 10.9 Å². The predicted octanol–water partition coefficient (Wildman–Crippen LogP) is 5.48. The molecule has 0 saturated heterocycles. The fourth-order valence-corrected chi connectivity index (χ4v) is 4.37. The number of aryl methyl sites for hydroxylation is 1. The lowest BCUT2D eigenvalue weighted by atomic mass is 10.0. The fourth-order valence-electron chi connectivity index (χ4n) is 3.95. The molecule has 138 valence electrons. The Bertz CT molecular complexity index is 1570. The first-order chi connectivity index (χ1) is 13.5. The molecule has 0 fully saturated rings. The molecule has 2 heterocycles. The Kier molecular flexibility index (Phi) is 3.76. The van der Waals surface area contributed by atoms with Crippen molar-refractivity contribution in [1.82, 2.24) is 9.55 Å². The van der Waals surface area contributed by atoms with Crippen LogP contribution in [0.1, 0.15) is 6.92 Å². The Morgan fingerprint density at radius 1 is 0.857 bits per heavy atom. The summed E-state index contributed by atoms with van der Waals surface area (Å²) in [7, 11) is 0. The highest BCUT2D eigenvalue weighted by atomic mass is 35.5. The second-order valence-electron chi connectivity index (χ2n) is 6.75. The molecule has 6 heteroatoms. The molecule has 4 nitrogen and oxygen atoms in total. The highest BCUT2D eigenvalue weighted by Gasteiger charge is 2.16. The molecule has 0 aliphatic heterocycles. The Morgan fingerprint density at radius 3 is 2.39 bits per heavy atom. The molecular formula is C22H14Cl2N2O2. The van der Waals surface area contributed by atoms with Crippen LogP contribution in [0.4, 0.5) is 0 Å². The second-order valence-corrected chi connectivity index (χ2v) is 7.53. The maximum absolute atomic E-state index is 13.2. The van der Waals surface area contributed by atoms with Crippen molar-refractivity contribution in [1.29, 1.82) is 0 Å². The van der Waals surface area contributed by atoms with E-state index < -0.39 is 0 Å². The number of hydrogen-bond donors (Lipinski definition) is 1. The quantitative estimate of drug-likeness (QED) is 0.373. The van der Waals surface area contributed by atoms with Crippen LogP contribution < -0.4 is 10.9 Å². The summed E-state index contributed by atoms with van der Waals surface area (Å²) in [4.78, 5) is 29.5. The number of benzene rings is 3. The Balaban J connectivity index is 2.09. The normalized spacial score (nSPS) is 11.8. The number of pyridine rings is 2. The van der Waals surface area contributed by atoms with E-state index in [0.29, 0.717) is 54.7 Å². The van der Waals surface area contributed by atoms with Crippen molar-refractivity contribution in [2.24, 2.45) is 0 Å². The third-order valence-electron chi connectivity index (χ3n) is 5.26. The predicted molar refractivity (Wildman–Crippen MR) is 117 cm³/mol. The van der Waals surface area contributed by atoms with Gasteiger partial charge in [-0.25, -0.2) is 0 Å². The molecule has 28 heavy (non-hydrogen) atoms. The van der Waals surface area contributed by atoms with Crippen molar-refractivity contribution in [3.63, 3.8) is 0 Å². The minimum absolute atomic E-state index is 0.0707. The van der Waals surface area contributed by atoms with Gasteiger partial charge in [0.05, 0.1) is 26.6 Å². The summed E-state index contributed by atoms with van der Waals surface area (Å²) in [6.07, 6.45) is 0. The molecule has 3 aromatic carbocycles. The number of para-hydroxylation sites is 1. The lowest BCUT2D eigenvalue weighted by molar-refractivity contribution is 0.822. The standard InChI is InChI=1S/C22H14Cl2N2O2/c1-2-26-18-10-13-17(25-16-6-4-3-5-11(16)21(13)27)9-14(18)22(28)12-7-8-15(23)19(24)20(12)26/h3-10H,2H2,1H3,(H,25,27). The second kappa shape index (κ2) is 6.09. The SMILES string of the molecule is CCn1c2cc3c(=O)c4ccccc4[nH]c3cc2c(=O)c2ccc(Cl)c(Cl)c21. The van der Waals surface area contributed by atoms with Gasteiger partial charge in [0.2, 0.25) is 0 Å². The molecule has 5 rings (SSSR count). The van der Waals surface area contributed by atoms with Crippen LogP contribution in [0.15, 0.2) is 58.1 Å². The molecule has 0 aliphatic rings. The van der Waals surface area contributed by atoms with Crippen LogP contribution in [0.25, 0.3) is 43.6 Å². The molecule has 0 aliphatic carbocycles. The minimum atomic E-state index is -0.135. The molecule has 0 spiro atoms. The molecule has 0 atom stereocenters. The largest absolute Gasteiger partial charge is 0.354 e. The first-order valence-corrected chi connectivity index (χ1v) is 9.66. The Labute approximate surface area is 168 Å². The summed E-state index contributed by atoms with van der Waals surface area (Å²) in [6, 6.07) is 14.2. The summed E-state index contributed by atoms with van der Waals surface area (Å²) in [6.45, 7) is 2.54. The number of aromatic amines is 1. The lowest BCUT2D eigenvalue weighted by Gasteiger charge is -2.16. The van der Waals surface area contributed by atoms with E-state index in [0.717, 1.165) is 5.52 Å². The van der Waals surface area contributed by atoms with Crippen LogP contribution in [-0.4, -0.2) is 9.55 Å². The summed E-state index contributed by atoms with van der Waals surface area (Å²) >= 11 is 12.7. The van der Waals surface area contributed by atoms with Gasteiger partial charge in [-0.3, -0.25) is 9.59 Å². The van der Waals surface area contributed by atoms with Gasteiger partial charge in [-0.2, -0.15) is 0 Å². The summed E-state index contributed by atoms with van der Waals surface area (Å²) < 4.78 is 1.94. The number of nitrogens with one attached hydrogen (secondary N) is 1.